The molecule has 2 aromatic rings. The van der Waals surface area contributed by atoms with Crippen molar-refractivity contribution in [2.45, 2.75) is 17.2 Å². The van der Waals surface area contributed by atoms with Crippen LogP contribution in [0.25, 0.3) is 0 Å². The Balaban J connectivity index is 2.21. The van der Waals surface area contributed by atoms with Gasteiger partial charge < -0.3 is 10.5 Å². The zero-order chi connectivity index (χ0) is 15.5. The fourth-order valence-corrected chi connectivity index (χ4v) is 2.93. The molecule has 0 saturated carbocycles. The number of ketones is 1. The van der Waals surface area contributed by atoms with Gasteiger partial charge in [-0.2, -0.15) is 0 Å². The molecule has 0 fully saturated rings. The van der Waals surface area contributed by atoms with Gasteiger partial charge in [-0.15, -0.1) is 0 Å². The Hall–Kier alpha value is -2.18. The minimum atomic E-state index is -3.86. The fraction of sp³-hybridized carbons (Fsp3) is 0.133. The molecule has 0 amide bonds. The molecule has 0 aliphatic heterocycles. The maximum Gasteiger partial charge on any atom is 0.201 e. The molecular weight excluding hydrogens is 290 g/mol. The largest absolute Gasteiger partial charge is 0.457 e. The van der Waals surface area contributed by atoms with E-state index >= 15 is 0 Å². The van der Waals surface area contributed by atoms with Crippen LogP contribution in [0, 0.1) is 0 Å². The highest BCUT2D eigenvalue weighted by molar-refractivity contribution is 7.92. The highest BCUT2D eigenvalue weighted by Gasteiger charge is 2.27. The molecule has 0 radical (unpaired) electrons. The van der Waals surface area contributed by atoms with Crippen molar-refractivity contribution in [2.24, 2.45) is 5.73 Å². The number of hydrogen-bond acceptors (Lipinski definition) is 5. The first-order valence-corrected chi connectivity index (χ1v) is 7.79. The molecule has 0 bridgehead atoms. The van der Waals surface area contributed by atoms with E-state index in [0.29, 0.717) is 11.5 Å². The Morgan fingerprint density at radius 1 is 1.00 bits per heavy atom. The Labute approximate surface area is 123 Å². The third-order valence-corrected chi connectivity index (χ3v) is 4.80. The molecule has 2 aromatic carbocycles. The summed E-state index contributed by atoms with van der Waals surface area (Å²) in [6.45, 7) is 1.15. The summed E-state index contributed by atoms with van der Waals surface area (Å²) in [6.07, 6.45) is 0. The zero-order valence-electron chi connectivity index (χ0n) is 11.4. The summed E-state index contributed by atoms with van der Waals surface area (Å²) in [6, 6.07) is 14.9. The summed E-state index contributed by atoms with van der Waals surface area (Å²) in [5, 5.41) is -1.54. The Kier molecular flexibility index (Phi) is 4.40. The Morgan fingerprint density at radius 3 is 2.05 bits per heavy atom. The molecule has 0 spiro atoms. The van der Waals surface area contributed by atoms with Crippen LogP contribution in [0.1, 0.15) is 6.92 Å². The van der Waals surface area contributed by atoms with Gasteiger partial charge in [0.2, 0.25) is 9.84 Å². The van der Waals surface area contributed by atoms with Gasteiger partial charge >= 0.3 is 0 Å². The third kappa shape index (κ3) is 3.48. The van der Waals surface area contributed by atoms with E-state index in [2.05, 4.69) is 0 Å². The van der Waals surface area contributed by atoms with E-state index in [9.17, 15) is 13.2 Å². The smallest absolute Gasteiger partial charge is 0.201 e. The van der Waals surface area contributed by atoms with Gasteiger partial charge in [-0.3, -0.25) is 4.79 Å². The normalized spacial score (nSPS) is 12.7. The molecule has 1 atom stereocenters. The fourth-order valence-electron chi connectivity index (χ4n) is 1.69. The molecule has 2 rings (SSSR count). The minimum absolute atomic E-state index is 0.00869. The maximum atomic E-state index is 12.1. The number of carbonyl (C=O) groups excluding carboxylic acids is 1. The van der Waals surface area contributed by atoms with Crippen molar-refractivity contribution >= 4 is 15.6 Å². The van der Waals surface area contributed by atoms with E-state index in [1.807, 2.05) is 18.2 Å². The van der Waals surface area contributed by atoms with Crippen LogP contribution in [0.2, 0.25) is 0 Å². The van der Waals surface area contributed by atoms with Crippen molar-refractivity contribution in [2.75, 3.05) is 0 Å². The molecule has 0 heterocycles. The van der Waals surface area contributed by atoms with Gasteiger partial charge in [-0.25, -0.2) is 8.42 Å². The van der Waals surface area contributed by atoms with Crippen LogP contribution in [0.15, 0.2) is 59.5 Å². The van der Waals surface area contributed by atoms with Gasteiger partial charge in [0, 0.05) is 0 Å². The number of nitrogens with two attached hydrogens (primary N) is 1. The van der Waals surface area contributed by atoms with Crippen molar-refractivity contribution in [1.82, 2.24) is 0 Å². The first-order valence-electron chi connectivity index (χ1n) is 6.24. The lowest BCUT2D eigenvalue weighted by Gasteiger charge is -2.11. The van der Waals surface area contributed by atoms with Crippen molar-refractivity contribution in [3.05, 3.63) is 54.6 Å². The van der Waals surface area contributed by atoms with E-state index in [4.69, 9.17) is 10.5 Å². The molecule has 1 unspecified atom stereocenters. The molecule has 110 valence electrons. The van der Waals surface area contributed by atoms with Crippen LogP contribution in [0.4, 0.5) is 0 Å². The first-order chi connectivity index (χ1) is 9.91. The number of rotatable bonds is 5. The quantitative estimate of drug-likeness (QED) is 0.914. The lowest BCUT2D eigenvalue weighted by Crippen LogP contribution is -2.37. The molecule has 2 N–H and O–H groups in total. The maximum absolute atomic E-state index is 12.1. The average molecular weight is 305 g/mol. The number of para-hydroxylation sites is 1. The molecule has 6 heteroatoms. The van der Waals surface area contributed by atoms with Crippen LogP contribution in [-0.2, 0) is 14.6 Å². The Morgan fingerprint density at radius 2 is 1.52 bits per heavy atom. The number of ether oxygens (including phenoxy) is 1. The standard InChI is InChI=1S/C15H15NO4S/c1-11(17)15(16)21(18,19)14-9-7-13(8-10-14)20-12-5-3-2-4-6-12/h2-10,15H,16H2,1H3. The average Bonchev–Trinajstić information content (AvgIpc) is 2.48. The van der Waals surface area contributed by atoms with Crippen LogP contribution in [-0.4, -0.2) is 19.6 Å². The SMILES string of the molecule is CC(=O)C(N)S(=O)(=O)c1ccc(Oc2ccccc2)cc1. The summed E-state index contributed by atoms with van der Waals surface area (Å²) in [5.74, 6) is 0.546. The van der Waals surface area contributed by atoms with Crippen molar-refractivity contribution < 1.29 is 17.9 Å². The predicted molar refractivity (Wildman–Crippen MR) is 78.8 cm³/mol. The van der Waals surface area contributed by atoms with Crippen LogP contribution >= 0.6 is 0 Å². The van der Waals surface area contributed by atoms with Crippen molar-refractivity contribution in [3.8, 4) is 11.5 Å². The highest BCUT2D eigenvalue weighted by Crippen LogP contribution is 2.23. The third-order valence-electron chi connectivity index (χ3n) is 2.87. The zero-order valence-corrected chi connectivity index (χ0v) is 12.2. The summed E-state index contributed by atoms with van der Waals surface area (Å²) in [4.78, 5) is 11.1. The van der Waals surface area contributed by atoms with E-state index < -0.39 is 21.0 Å². The summed E-state index contributed by atoms with van der Waals surface area (Å²) < 4.78 is 29.7. The number of hydrogen-bond donors (Lipinski definition) is 1. The number of sulfone groups is 1. The predicted octanol–water partition coefficient (Wildman–Crippen LogP) is 2.13. The van der Waals surface area contributed by atoms with E-state index in [1.54, 1.807) is 12.1 Å². The minimum Gasteiger partial charge on any atom is -0.457 e. The topological polar surface area (TPSA) is 86.5 Å². The first kappa shape index (κ1) is 15.2. The monoisotopic (exact) mass is 305 g/mol. The van der Waals surface area contributed by atoms with Crippen molar-refractivity contribution in [1.29, 1.82) is 0 Å². The molecule has 5 nitrogen and oxygen atoms in total. The molecule has 0 aliphatic rings. The summed E-state index contributed by atoms with van der Waals surface area (Å²) in [5.41, 5.74) is 5.42. The molecular formula is C15H15NO4S. The highest BCUT2D eigenvalue weighted by atomic mass is 32.2. The van der Waals surface area contributed by atoms with Gasteiger partial charge in [-0.05, 0) is 43.3 Å². The van der Waals surface area contributed by atoms with E-state index in [1.165, 1.54) is 24.3 Å². The van der Waals surface area contributed by atoms with Crippen LogP contribution < -0.4 is 10.5 Å². The van der Waals surface area contributed by atoms with Gasteiger partial charge in [-0.1, -0.05) is 18.2 Å². The summed E-state index contributed by atoms with van der Waals surface area (Å²) >= 11 is 0. The lowest BCUT2D eigenvalue weighted by atomic mass is 10.3. The second-order valence-electron chi connectivity index (χ2n) is 4.46. The van der Waals surface area contributed by atoms with Crippen molar-refractivity contribution in [3.63, 3.8) is 0 Å². The number of Topliss-reactive ketones (excluding diaryl/α,β-unsaturated/α-hetero) is 1. The van der Waals surface area contributed by atoms with E-state index in [-0.39, 0.29) is 4.90 Å². The van der Waals surface area contributed by atoms with Gasteiger partial charge in [0.25, 0.3) is 0 Å². The lowest BCUT2D eigenvalue weighted by molar-refractivity contribution is -0.116. The molecule has 0 aromatic heterocycles. The Bertz CT molecular complexity index is 724. The molecule has 21 heavy (non-hydrogen) atoms. The second-order valence-corrected chi connectivity index (χ2v) is 6.53. The van der Waals surface area contributed by atoms with E-state index in [0.717, 1.165) is 6.92 Å². The number of carbonyl (C=O) groups is 1. The van der Waals surface area contributed by atoms with Gasteiger partial charge in [0.15, 0.2) is 11.2 Å². The van der Waals surface area contributed by atoms with Gasteiger partial charge in [0.05, 0.1) is 4.90 Å². The van der Waals surface area contributed by atoms with Crippen LogP contribution in [0.3, 0.4) is 0 Å². The van der Waals surface area contributed by atoms with Gasteiger partial charge in [0.1, 0.15) is 11.5 Å². The summed E-state index contributed by atoms with van der Waals surface area (Å²) in [7, 11) is -3.86. The molecule has 0 saturated heterocycles. The number of benzene rings is 2. The molecule has 0 aliphatic carbocycles. The second kappa shape index (κ2) is 6.07. The van der Waals surface area contributed by atoms with Crippen LogP contribution in [0.5, 0.6) is 11.5 Å².